The standard InChI is InChI=1S/C10H11F3N2O/c11-10(12,13)7-3-1-2-6(4-7)8(14)5-9(15)16/h1-4,8H,5,14H2,(H2,15,16)/t8-/m1/s1. The van der Waals surface area contributed by atoms with Gasteiger partial charge >= 0.3 is 6.18 Å². The lowest BCUT2D eigenvalue weighted by molar-refractivity contribution is -0.137. The molecule has 4 N–H and O–H groups in total. The number of primary amides is 1. The van der Waals surface area contributed by atoms with Crippen molar-refractivity contribution in [2.45, 2.75) is 18.6 Å². The van der Waals surface area contributed by atoms with Gasteiger partial charge in [-0.1, -0.05) is 12.1 Å². The van der Waals surface area contributed by atoms with E-state index in [4.69, 9.17) is 11.5 Å². The molecule has 1 amide bonds. The number of hydrogen-bond donors (Lipinski definition) is 2. The molecule has 0 radical (unpaired) electrons. The lowest BCUT2D eigenvalue weighted by Crippen LogP contribution is -2.21. The molecule has 0 aliphatic rings. The molecule has 0 aromatic heterocycles. The Hall–Kier alpha value is -1.56. The van der Waals surface area contributed by atoms with Gasteiger partial charge < -0.3 is 11.5 Å². The van der Waals surface area contributed by atoms with Gasteiger partial charge in [0.1, 0.15) is 0 Å². The van der Waals surface area contributed by atoms with Gasteiger partial charge in [0.05, 0.1) is 5.56 Å². The molecule has 0 unspecified atom stereocenters. The molecule has 0 fully saturated rings. The lowest BCUT2D eigenvalue weighted by Gasteiger charge is -2.12. The number of carbonyl (C=O) groups is 1. The highest BCUT2D eigenvalue weighted by atomic mass is 19.4. The van der Waals surface area contributed by atoms with E-state index >= 15 is 0 Å². The molecule has 1 atom stereocenters. The first kappa shape index (κ1) is 12.5. The van der Waals surface area contributed by atoms with Crippen molar-refractivity contribution in [3.05, 3.63) is 35.4 Å². The molecule has 0 saturated heterocycles. The first-order valence-electron chi connectivity index (χ1n) is 4.51. The third kappa shape index (κ3) is 3.23. The zero-order valence-electron chi connectivity index (χ0n) is 8.29. The normalized spacial score (nSPS) is 13.5. The largest absolute Gasteiger partial charge is 0.416 e. The Morgan fingerprint density at radius 2 is 2.00 bits per heavy atom. The van der Waals surface area contributed by atoms with Gasteiger partial charge in [0.25, 0.3) is 0 Å². The minimum Gasteiger partial charge on any atom is -0.370 e. The quantitative estimate of drug-likeness (QED) is 0.830. The maximum Gasteiger partial charge on any atom is 0.416 e. The predicted molar refractivity (Wildman–Crippen MR) is 52.2 cm³/mol. The van der Waals surface area contributed by atoms with Crippen LogP contribution in [-0.4, -0.2) is 5.91 Å². The SMILES string of the molecule is NC(=O)C[C@@H](N)c1cccc(C(F)(F)F)c1. The van der Waals surface area contributed by atoms with Crippen LogP contribution in [0.15, 0.2) is 24.3 Å². The van der Waals surface area contributed by atoms with Crippen molar-refractivity contribution < 1.29 is 18.0 Å². The number of amides is 1. The summed E-state index contributed by atoms with van der Waals surface area (Å²) in [6.07, 6.45) is -4.59. The van der Waals surface area contributed by atoms with Crippen LogP contribution in [0.3, 0.4) is 0 Å². The number of nitrogens with two attached hydrogens (primary N) is 2. The molecular weight excluding hydrogens is 221 g/mol. The van der Waals surface area contributed by atoms with Gasteiger partial charge in [0.15, 0.2) is 0 Å². The van der Waals surface area contributed by atoms with Crippen LogP contribution in [0.1, 0.15) is 23.6 Å². The van der Waals surface area contributed by atoms with Crippen LogP contribution in [0, 0.1) is 0 Å². The van der Waals surface area contributed by atoms with Crippen LogP contribution >= 0.6 is 0 Å². The first-order valence-corrected chi connectivity index (χ1v) is 4.51. The minimum atomic E-state index is -4.41. The molecule has 0 bridgehead atoms. The summed E-state index contributed by atoms with van der Waals surface area (Å²) in [6.45, 7) is 0. The van der Waals surface area contributed by atoms with Gasteiger partial charge in [-0.2, -0.15) is 13.2 Å². The van der Waals surface area contributed by atoms with Crippen molar-refractivity contribution in [2.75, 3.05) is 0 Å². The van der Waals surface area contributed by atoms with Gasteiger partial charge in [-0.15, -0.1) is 0 Å². The Morgan fingerprint density at radius 3 is 2.50 bits per heavy atom. The molecule has 0 spiro atoms. The van der Waals surface area contributed by atoms with Crippen molar-refractivity contribution in [1.29, 1.82) is 0 Å². The highest BCUT2D eigenvalue weighted by Crippen LogP contribution is 2.30. The van der Waals surface area contributed by atoms with E-state index in [9.17, 15) is 18.0 Å². The Balaban J connectivity index is 2.94. The zero-order valence-corrected chi connectivity index (χ0v) is 8.29. The first-order chi connectivity index (χ1) is 7.30. The van der Waals surface area contributed by atoms with E-state index in [2.05, 4.69) is 0 Å². The van der Waals surface area contributed by atoms with E-state index < -0.39 is 23.7 Å². The summed E-state index contributed by atoms with van der Waals surface area (Å²) in [5, 5.41) is 0. The van der Waals surface area contributed by atoms with E-state index in [1.165, 1.54) is 12.1 Å². The number of hydrogen-bond acceptors (Lipinski definition) is 2. The van der Waals surface area contributed by atoms with E-state index in [-0.39, 0.29) is 12.0 Å². The van der Waals surface area contributed by atoms with E-state index in [0.29, 0.717) is 0 Å². The third-order valence-electron chi connectivity index (χ3n) is 2.06. The maximum absolute atomic E-state index is 12.4. The predicted octanol–water partition coefficient (Wildman–Crippen LogP) is 1.58. The molecule has 0 saturated carbocycles. The fraction of sp³-hybridized carbons (Fsp3) is 0.300. The second-order valence-corrected chi connectivity index (χ2v) is 3.40. The molecule has 0 aliphatic heterocycles. The van der Waals surface area contributed by atoms with Gasteiger partial charge in [0.2, 0.25) is 5.91 Å². The van der Waals surface area contributed by atoms with Crippen molar-refractivity contribution in [2.24, 2.45) is 11.5 Å². The van der Waals surface area contributed by atoms with E-state index in [1.54, 1.807) is 0 Å². The van der Waals surface area contributed by atoms with Crippen molar-refractivity contribution in [1.82, 2.24) is 0 Å². The third-order valence-corrected chi connectivity index (χ3v) is 2.06. The summed E-state index contributed by atoms with van der Waals surface area (Å²) in [4.78, 5) is 10.6. The minimum absolute atomic E-state index is 0.179. The fourth-order valence-electron chi connectivity index (χ4n) is 1.28. The van der Waals surface area contributed by atoms with E-state index in [0.717, 1.165) is 12.1 Å². The lowest BCUT2D eigenvalue weighted by atomic mass is 10.0. The van der Waals surface area contributed by atoms with Crippen LogP contribution in [0.25, 0.3) is 0 Å². The van der Waals surface area contributed by atoms with Crippen LogP contribution in [0.5, 0.6) is 0 Å². The number of alkyl halides is 3. The average molecular weight is 232 g/mol. The van der Waals surface area contributed by atoms with Crippen molar-refractivity contribution >= 4 is 5.91 Å². The second kappa shape index (κ2) is 4.52. The summed E-state index contributed by atoms with van der Waals surface area (Å²) in [6, 6.07) is 3.75. The maximum atomic E-state index is 12.4. The molecule has 1 rings (SSSR count). The number of benzene rings is 1. The molecule has 6 heteroatoms. The molecule has 1 aromatic rings. The topological polar surface area (TPSA) is 69.1 Å². The fourth-order valence-corrected chi connectivity index (χ4v) is 1.28. The van der Waals surface area contributed by atoms with Crippen LogP contribution in [0.2, 0.25) is 0 Å². The van der Waals surface area contributed by atoms with Gasteiger partial charge in [-0.05, 0) is 17.7 Å². The van der Waals surface area contributed by atoms with Crippen LogP contribution < -0.4 is 11.5 Å². The van der Waals surface area contributed by atoms with Crippen LogP contribution in [0.4, 0.5) is 13.2 Å². The molecule has 1 aromatic carbocycles. The Bertz CT molecular complexity index is 390. The molecule has 88 valence electrons. The molecule has 16 heavy (non-hydrogen) atoms. The summed E-state index contributed by atoms with van der Waals surface area (Å²) < 4.78 is 37.1. The summed E-state index contributed by atoms with van der Waals surface area (Å²) in [7, 11) is 0. The Morgan fingerprint density at radius 1 is 1.38 bits per heavy atom. The smallest absolute Gasteiger partial charge is 0.370 e. The monoisotopic (exact) mass is 232 g/mol. The summed E-state index contributed by atoms with van der Waals surface area (Å²) in [5.74, 6) is -0.648. The zero-order chi connectivity index (χ0) is 12.3. The molecule has 0 heterocycles. The molecule has 0 aliphatic carbocycles. The average Bonchev–Trinajstić information content (AvgIpc) is 2.15. The highest BCUT2D eigenvalue weighted by molar-refractivity contribution is 5.74. The Kier molecular flexibility index (Phi) is 3.54. The summed E-state index contributed by atoms with van der Waals surface area (Å²) >= 11 is 0. The van der Waals surface area contributed by atoms with Crippen molar-refractivity contribution in [3.63, 3.8) is 0 Å². The highest BCUT2D eigenvalue weighted by Gasteiger charge is 2.30. The van der Waals surface area contributed by atoms with Gasteiger partial charge in [0, 0.05) is 12.5 Å². The Labute approximate surface area is 90.2 Å². The molecule has 3 nitrogen and oxygen atoms in total. The van der Waals surface area contributed by atoms with Gasteiger partial charge in [-0.3, -0.25) is 4.79 Å². The van der Waals surface area contributed by atoms with Gasteiger partial charge in [-0.25, -0.2) is 0 Å². The number of rotatable bonds is 3. The number of carbonyl (C=O) groups excluding carboxylic acids is 1. The molecular formula is C10H11F3N2O. The van der Waals surface area contributed by atoms with Crippen LogP contribution in [-0.2, 0) is 11.0 Å². The second-order valence-electron chi connectivity index (χ2n) is 3.40. The van der Waals surface area contributed by atoms with Crippen molar-refractivity contribution in [3.8, 4) is 0 Å². The number of halogens is 3. The summed E-state index contributed by atoms with van der Waals surface area (Å²) in [5.41, 5.74) is 9.91. The van der Waals surface area contributed by atoms with E-state index in [1.807, 2.05) is 0 Å².